The fourth-order valence-corrected chi connectivity index (χ4v) is 5.75. The highest BCUT2D eigenvalue weighted by Gasteiger charge is 2.32. The molecule has 10 nitrogen and oxygen atoms in total. The first-order valence-electron chi connectivity index (χ1n) is 10.3. The van der Waals surface area contributed by atoms with Gasteiger partial charge in [-0.25, -0.2) is 14.6 Å². The lowest BCUT2D eigenvalue weighted by Gasteiger charge is -2.19. The summed E-state index contributed by atoms with van der Waals surface area (Å²) < 4.78 is 7.32. The van der Waals surface area contributed by atoms with Crippen LogP contribution in [0.4, 0.5) is 11.1 Å². The van der Waals surface area contributed by atoms with Crippen LogP contribution in [0.25, 0.3) is 11.0 Å². The molecule has 1 unspecified atom stereocenters. The molecule has 0 saturated carbocycles. The van der Waals surface area contributed by atoms with E-state index in [2.05, 4.69) is 25.3 Å². The molecule has 0 radical (unpaired) electrons. The molecule has 1 atom stereocenters. The Balaban J connectivity index is 1.49. The lowest BCUT2D eigenvalue weighted by molar-refractivity contribution is -0.115. The molecule has 1 aliphatic rings. The number of anilines is 2. The van der Waals surface area contributed by atoms with E-state index in [-0.39, 0.29) is 11.9 Å². The monoisotopic (exact) mass is 482 g/mol. The fraction of sp³-hybridized carbons (Fsp3) is 0.333. The SMILES string of the molecule is COc1c(C)cnc(Cn2nc3c4c(nc(N)nc42)SC(C(=O)Nc2ncc(C)s2)C3)c1C. The van der Waals surface area contributed by atoms with Gasteiger partial charge in [0.2, 0.25) is 11.9 Å². The van der Waals surface area contributed by atoms with E-state index < -0.39 is 5.25 Å². The van der Waals surface area contributed by atoms with E-state index in [1.807, 2.05) is 20.8 Å². The van der Waals surface area contributed by atoms with Crippen LogP contribution in [0.5, 0.6) is 5.75 Å². The average molecular weight is 483 g/mol. The Morgan fingerprint density at radius 2 is 2.09 bits per heavy atom. The van der Waals surface area contributed by atoms with Crippen molar-refractivity contribution < 1.29 is 9.53 Å². The smallest absolute Gasteiger partial charge is 0.240 e. The number of hydrogen-bond acceptors (Lipinski definition) is 10. The number of nitrogens with two attached hydrogens (primary N) is 1. The van der Waals surface area contributed by atoms with Crippen LogP contribution in [0, 0.1) is 20.8 Å². The molecule has 4 aromatic heterocycles. The van der Waals surface area contributed by atoms with Crippen LogP contribution >= 0.6 is 23.1 Å². The average Bonchev–Trinajstić information content (AvgIpc) is 3.33. The molecule has 0 saturated heterocycles. The van der Waals surface area contributed by atoms with Gasteiger partial charge in [0.05, 0.1) is 35.7 Å². The van der Waals surface area contributed by atoms with E-state index in [1.165, 1.54) is 23.1 Å². The Hall–Kier alpha value is -3.25. The Kier molecular flexibility index (Phi) is 5.41. The lowest BCUT2D eigenvalue weighted by atomic mass is 10.1. The van der Waals surface area contributed by atoms with Gasteiger partial charge in [0.15, 0.2) is 10.8 Å². The van der Waals surface area contributed by atoms with Crippen molar-refractivity contribution in [1.29, 1.82) is 0 Å². The second-order valence-corrected chi connectivity index (χ2v) is 10.2. The van der Waals surface area contributed by atoms with E-state index >= 15 is 0 Å². The highest BCUT2D eigenvalue weighted by molar-refractivity contribution is 8.00. The Morgan fingerprint density at radius 3 is 2.82 bits per heavy atom. The number of nitrogens with zero attached hydrogens (tertiary/aromatic N) is 6. The van der Waals surface area contributed by atoms with Gasteiger partial charge in [-0.15, -0.1) is 11.3 Å². The van der Waals surface area contributed by atoms with Crippen LogP contribution in [-0.2, 0) is 17.8 Å². The van der Waals surface area contributed by atoms with Gasteiger partial charge in [-0.2, -0.15) is 10.1 Å². The summed E-state index contributed by atoms with van der Waals surface area (Å²) in [5.41, 5.74) is 10.2. The number of nitrogen functional groups attached to an aromatic ring is 1. The zero-order chi connectivity index (χ0) is 23.3. The van der Waals surface area contributed by atoms with E-state index in [0.29, 0.717) is 28.8 Å². The minimum absolute atomic E-state index is 0.138. The molecular weight excluding hydrogens is 460 g/mol. The molecule has 0 bridgehead atoms. The molecule has 170 valence electrons. The topological polar surface area (TPSA) is 134 Å². The van der Waals surface area contributed by atoms with E-state index in [0.717, 1.165) is 38.5 Å². The molecule has 0 spiro atoms. The third kappa shape index (κ3) is 3.89. The van der Waals surface area contributed by atoms with Crippen molar-refractivity contribution in [3.05, 3.63) is 39.8 Å². The summed E-state index contributed by atoms with van der Waals surface area (Å²) in [5.74, 6) is 0.807. The highest BCUT2D eigenvalue weighted by atomic mass is 32.2. The number of rotatable bonds is 5. The van der Waals surface area contributed by atoms with Crippen LogP contribution in [0.1, 0.15) is 27.4 Å². The summed E-state index contributed by atoms with van der Waals surface area (Å²) in [5, 5.41) is 9.36. The summed E-state index contributed by atoms with van der Waals surface area (Å²) in [4.78, 5) is 31.6. The first-order valence-corrected chi connectivity index (χ1v) is 12.0. The number of carbonyl (C=O) groups is 1. The fourth-order valence-electron chi connectivity index (χ4n) is 3.93. The molecular formula is C21H22N8O2S2. The summed E-state index contributed by atoms with van der Waals surface area (Å²) in [6, 6.07) is 0. The van der Waals surface area contributed by atoms with E-state index in [1.54, 1.807) is 24.2 Å². The predicted molar refractivity (Wildman–Crippen MR) is 128 cm³/mol. The van der Waals surface area contributed by atoms with Gasteiger partial charge >= 0.3 is 0 Å². The minimum Gasteiger partial charge on any atom is -0.496 e. The normalized spacial score (nSPS) is 15.1. The van der Waals surface area contributed by atoms with Crippen molar-refractivity contribution in [2.24, 2.45) is 0 Å². The van der Waals surface area contributed by atoms with Crippen LogP contribution in [0.2, 0.25) is 0 Å². The summed E-state index contributed by atoms with van der Waals surface area (Å²) in [6.07, 6.45) is 3.98. The zero-order valence-electron chi connectivity index (χ0n) is 18.5. The Labute approximate surface area is 198 Å². The summed E-state index contributed by atoms with van der Waals surface area (Å²) >= 11 is 2.81. The number of pyridine rings is 1. The Bertz CT molecular complexity index is 1400. The lowest BCUT2D eigenvalue weighted by Crippen LogP contribution is -2.29. The van der Waals surface area contributed by atoms with E-state index in [4.69, 9.17) is 15.6 Å². The van der Waals surface area contributed by atoms with Gasteiger partial charge in [0.1, 0.15) is 10.8 Å². The van der Waals surface area contributed by atoms with Crippen LogP contribution < -0.4 is 15.8 Å². The van der Waals surface area contributed by atoms with Crippen molar-refractivity contribution in [3.8, 4) is 5.75 Å². The summed E-state index contributed by atoms with van der Waals surface area (Å²) in [6.45, 7) is 6.28. The predicted octanol–water partition coefficient (Wildman–Crippen LogP) is 2.90. The number of hydrogen-bond donors (Lipinski definition) is 2. The number of thiazole rings is 1. The largest absolute Gasteiger partial charge is 0.496 e. The van der Waals surface area contributed by atoms with Gasteiger partial charge in [-0.1, -0.05) is 11.8 Å². The molecule has 3 N–H and O–H groups in total. The maximum atomic E-state index is 12.9. The molecule has 1 amide bonds. The zero-order valence-corrected chi connectivity index (χ0v) is 20.2. The maximum Gasteiger partial charge on any atom is 0.240 e. The maximum absolute atomic E-state index is 12.9. The number of nitrogens with one attached hydrogen (secondary N) is 1. The van der Waals surface area contributed by atoms with Crippen LogP contribution in [0.3, 0.4) is 0 Å². The molecule has 4 aromatic rings. The first-order chi connectivity index (χ1) is 15.8. The number of carbonyl (C=O) groups excluding carboxylic acids is 1. The molecule has 1 aliphatic heterocycles. The standard InChI is InChI=1S/C21H22N8O2S2/c1-9-6-23-13(11(3)16(9)31-4)8-29-17-15-12(28-29)5-14(33-19(15)27-20(22)25-17)18(30)26-21-24-7-10(2)32-21/h6-7,14H,5,8H2,1-4H3,(H2,22,25,27)(H,24,26,30). The van der Waals surface area contributed by atoms with Crippen molar-refractivity contribution in [2.75, 3.05) is 18.2 Å². The van der Waals surface area contributed by atoms with Gasteiger partial charge < -0.3 is 15.8 Å². The van der Waals surface area contributed by atoms with Crippen molar-refractivity contribution in [2.45, 2.75) is 44.0 Å². The molecule has 12 heteroatoms. The number of aromatic nitrogens is 6. The van der Waals surface area contributed by atoms with Crippen molar-refractivity contribution >= 4 is 51.1 Å². The molecule has 0 fully saturated rings. The third-order valence-electron chi connectivity index (χ3n) is 5.47. The number of methoxy groups -OCH3 is 1. The van der Waals surface area contributed by atoms with Crippen molar-refractivity contribution in [1.82, 2.24) is 29.7 Å². The molecule has 33 heavy (non-hydrogen) atoms. The number of amides is 1. The third-order valence-corrected chi connectivity index (χ3v) is 7.49. The molecule has 0 aliphatic carbocycles. The van der Waals surface area contributed by atoms with Crippen LogP contribution in [-0.4, -0.2) is 48.0 Å². The number of thioether (sulfide) groups is 1. The second-order valence-electron chi connectivity index (χ2n) is 7.81. The van der Waals surface area contributed by atoms with Crippen molar-refractivity contribution in [3.63, 3.8) is 0 Å². The number of ether oxygens (including phenoxy) is 1. The van der Waals surface area contributed by atoms with E-state index in [9.17, 15) is 4.79 Å². The first kappa shape index (κ1) is 21.6. The quantitative estimate of drug-likeness (QED) is 0.412. The number of aryl methyl sites for hydroxylation is 2. The molecule has 5 heterocycles. The molecule has 5 rings (SSSR count). The minimum atomic E-state index is -0.401. The highest BCUT2D eigenvalue weighted by Crippen LogP contribution is 2.39. The van der Waals surface area contributed by atoms with Gasteiger partial charge in [0.25, 0.3) is 0 Å². The van der Waals surface area contributed by atoms with Gasteiger partial charge in [-0.05, 0) is 20.8 Å². The van der Waals surface area contributed by atoms with Gasteiger partial charge in [-0.3, -0.25) is 9.78 Å². The second kappa shape index (κ2) is 8.27. The van der Waals surface area contributed by atoms with Gasteiger partial charge in [0, 0.05) is 34.8 Å². The Morgan fingerprint density at radius 1 is 1.27 bits per heavy atom. The summed E-state index contributed by atoms with van der Waals surface area (Å²) in [7, 11) is 1.65. The van der Waals surface area contributed by atoms with Crippen LogP contribution in [0.15, 0.2) is 17.4 Å². The molecule has 0 aromatic carbocycles.